The maximum absolute atomic E-state index is 5.55. The van der Waals surface area contributed by atoms with E-state index in [1.165, 1.54) is 0 Å². The molecule has 8 heavy (non-hydrogen) atoms. The summed E-state index contributed by atoms with van der Waals surface area (Å²) in [6.45, 7) is 4.05. The molecule has 1 aliphatic heterocycles. The van der Waals surface area contributed by atoms with Crippen molar-refractivity contribution in [2.24, 2.45) is 0 Å². The molecule has 1 heterocycles. The van der Waals surface area contributed by atoms with Crippen LogP contribution in [0.15, 0.2) is 0 Å². The molecule has 3 heteroatoms. The SMILES string of the molecule is [B]C1CNCC(C)N1. The van der Waals surface area contributed by atoms with E-state index >= 15 is 0 Å². The number of hydrogen-bond donors (Lipinski definition) is 2. The van der Waals surface area contributed by atoms with E-state index < -0.39 is 0 Å². The zero-order valence-corrected chi connectivity index (χ0v) is 5.15. The topological polar surface area (TPSA) is 24.1 Å². The second-order valence-electron chi connectivity index (χ2n) is 2.33. The lowest BCUT2D eigenvalue weighted by atomic mass is 9.94. The first-order valence-corrected chi connectivity index (χ1v) is 3.01. The molecule has 44 valence electrons. The average Bonchev–Trinajstić information content (AvgIpc) is 1.64. The Morgan fingerprint density at radius 3 is 2.62 bits per heavy atom. The van der Waals surface area contributed by atoms with Gasteiger partial charge in [0.2, 0.25) is 0 Å². The molecular weight excluding hydrogens is 98.9 g/mol. The van der Waals surface area contributed by atoms with Gasteiger partial charge in [0.15, 0.2) is 0 Å². The van der Waals surface area contributed by atoms with Gasteiger partial charge in [-0.25, -0.2) is 0 Å². The van der Waals surface area contributed by atoms with E-state index in [9.17, 15) is 0 Å². The molecule has 0 aromatic heterocycles. The van der Waals surface area contributed by atoms with Crippen LogP contribution < -0.4 is 10.6 Å². The first kappa shape index (κ1) is 6.11. The van der Waals surface area contributed by atoms with Crippen LogP contribution in [0, 0.1) is 0 Å². The van der Waals surface area contributed by atoms with Gasteiger partial charge in [-0.1, -0.05) is 0 Å². The van der Waals surface area contributed by atoms with Crippen molar-refractivity contribution >= 4 is 7.85 Å². The molecule has 2 N–H and O–H groups in total. The zero-order valence-electron chi connectivity index (χ0n) is 5.15. The van der Waals surface area contributed by atoms with E-state index in [-0.39, 0.29) is 5.94 Å². The molecule has 0 aromatic rings. The zero-order chi connectivity index (χ0) is 5.98. The molecule has 1 saturated heterocycles. The molecule has 0 bridgehead atoms. The van der Waals surface area contributed by atoms with E-state index in [0.29, 0.717) is 6.04 Å². The maximum atomic E-state index is 5.55. The van der Waals surface area contributed by atoms with E-state index in [1.54, 1.807) is 0 Å². The summed E-state index contributed by atoms with van der Waals surface area (Å²) in [4.78, 5) is 0. The van der Waals surface area contributed by atoms with Gasteiger partial charge >= 0.3 is 0 Å². The highest BCUT2D eigenvalue weighted by Crippen LogP contribution is 1.87. The molecule has 2 atom stereocenters. The van der Waals surface area contributed by atoms with Crippen LogP contribution in [0.4, 0.5) is 0 Å². The Hall–Kier alpha value is -0.0151. The van der Waals surface area contributed by atoms with Gasteiger partial charge in [0.25, 0.3) is 0 Å². The minimum Gasteiger partial charge on any atom is -0.318 e. The highest BCUT2D eigenvalue weighted by atomic mass is 15.1. The lowest BCUT2D eigenvalue weighted by Crippen LogP contribution is -2.53. The van der Waals surface area contributed by atoms with Gasteiger partial charge in [-0.2, -0.15) is 0 Å². The Kier molecular flexibility index (Phi) is 1.92. The standard InChI is InChI=1S/C5H11BN2/c1-4-2-7-3-5(6)8-4/h4-5,7-8H,2-3H2,1H3. The number of nitrogens with one attached hydrogen (secondary N) is 2. The van der Waals surface area contributed by atoms with Crippen molar-refractivity contribution in [3.05, 3.63) is 0 Å². The first-order valence-electron chi connectivity index (χ1n) is 3.01. The highest BCUT2D eigenvalue weighted by Gasteiger charge is 2.10. The van der Waals surface area contributed by atoms with Crippen molar-refractivity contribution in [2.45, 2.75) is 18.9 Å². The van der Waals surface area contributed by atoms with Gasteiger partial charge in [0, 0.05) is 19.1 Å². The largest absolute Gasteiger partial charge is 0.318 e. The second-order valence-corrected chi connectivity index (χ2v) is 2.33. The van der Waals surface area contributed by atoms with E-state index in [0.717, 1.165) is 13.1 Å². The van der Waals surface area contributed by atoms with Crippen molar-refractivity contribution in [3.63, 3.8) is 0 Å². The third kappa shape index (κ3) is 1.49. The minimum absolute atomic E-state index is 0.152. The molecule has 2 nitrogen and oxygen atoms in total. The normalized spacial score (nSPS) is 39.6. The van der Waals surface area contributed by atoms with Crippen LogP contribution in [0.1, 0.15) is 6.92 Å². The van der Waals surface area contributed by atoms with Gasteiger partial charge in [0.1, 0.15) is 0 Å². The van der Waals surface area contributed by atoms with Crippen LogP contribution in [0.3, 0.4) is 0 Å². The quantitative estimate of drug-likeness (QED) is 0.393. The van der Waals surface area contributed by atoms with Gasteiger partial charge in [-0.3, -0.25) is 0 Å². The second kappa shape index (κ2) is 2.51. The molecule has 0 spiro atoms. The minimum atomic E-state index is 0.152. The predicted octanol–water partition coefficient (Wildman–Crippen LogP) is -0.938. The lowest BCUT2D eigenvalue weighted by Gasteiger charge is -2.27. The van der Waals surface area contributed by atoms with Crippen LogP contribution in [-0.2, 0) is 0 Å². The van der Waals surface area contributed by atoms with Crippen LogP contribution in [-0.4, -0.2) is 32.9 Å². The summed E-state index contributed by atoms with van der Waals surface area (Å²) in [5.74, 6) is 0.152. The fraction of sp³-hybridized carbons (Fsp3) is 1.00. The summed E-state index contributed by atoms with van der Waals surface area (Å²) < 4.78 is 0. The van der Waals surface area contributed by atoms with Crippen molar-refractivity contribution in [1.29, 1.82) is 0 Å². The number of piperazine rings is 1. The Balaban J connectivity index is 2.23. The molecule has 0 amide bonds. The summed E-state index contributed by atoms with van der Waals surface area (Å²) in [6, 6.07) is 0.527. The Morgan fingerprint density at radius 1 is 1.50 bits per heavy atom. The Bertz CT molecular complexity index is 68.8. The Labute approximate surface area is 51.4 Å². The average molecular weight is 110 g/mol. The number of hydrogen-bond acceptors (Lipinski definition) is 2. The van der Waals surface area contributed by atoms with E-state index in [1.807, 2.05) is 0 Å². The molecule has 0 aromatic carbocycles. The fourth-order valence-corrected chi connectivity index (χ4v) is 0.939. The lowest BCUT2D eigenvalue weighted by molar-refractivity contribution is 0.416. The van der Waals surface area contributed by atoms with Crippen LogP contribution in [0.2, 0.25) is 0 Å². The molecular formula is C5H11BN2. The van der Waals surface area contributed by atoms with Crippen LogP contribution in [0.25, 0.3) is 0 Å². The van der Waals surface area contributed by atoms with Crippen LogP contribution >= 0.6 is 0 Å². The first-order chi connectivity index (χ1) is 3.79. The van der Waals surface area contributed by atoms with Gasteiger partial charge in [-0.15, -0.1) is 0 Å². The molecule has 0 aliphatic carbocycles. The highest BCUT2D eigenvalue weighted by molar-refractivity contribution is 6.12. The molecule has 2 unspecified atom stereocenters. The third-order valence-corrected chi connectivity index (χ3v) is 1.31. The smallest absolute Gasteiger partial charge is 0.0924 e. The molecule has 1 aliphatic rings. The van der Waals surface area contributed by atoms with Gasteiger partial charge in [0.05, 0.1) is 7.85 Å². The monoisotopic (exact) mass is 110 g/mol. The Morgan fingerprint density at radius 2 is 2.25 bits per heavy atom. The number of rotatable bonds is 0. The summed E-state index contributed by atoms with van der Waals surface area (Å²) in [5, 5.41) is 6.39. The summed E-state index contributed by atoms with van der Waals surface area (Å²) >= 11 is 0. The molecule has 1 rings (SSSR count). The van der Waals surface area contributed by atoms with Crippen molar-refractivity contribution in [2.75, 3.05) is 13.1 Å². The van der Waals surface area contributed by atoms with E-state index in [4.69, 9.17) is 7.85 Å². The predicted molar refractivity (Wildman–Crippen MR) is 35.0 cm³/mol. The maximum Gasteiger partial charge on any atom is 0.0924 e. The molecule has 0 saturated carbocycles. The van der Waals surface area contributed by atoms with Crippen molar-refractivity contribution in [1.82, 2.24) is 10.6 Å². The van der Waals surface area contributed by atoms with Crippen molar-refractivity contribution in [3.8, 4) is 0 Å². The fourth-order valence-electron chi connectivity index (χ4n) is 0.939. The van der Waals surface area contributed by atoms with Gasteiger partial charge in [-0.05, 0) is 12.9 Å². The molecule has 2 radical (unpaired) electrons. The third-order valence-electron chi connectivity index (χ3n) is 1.31. The summed E-state index contributed by atoms with van der Waals surface area (Å²) in [7, 11) is 5.55. The van der Waals surface area contributed by atoms with Gasteiger partial charge < -0.3 is 10.6 Å². The van der Waals surface area contributed by atoms with E-state index in [2.05, 4.69) is 17.6 Å². The van der Waals surface area contributed by atoms with Crippen molar-refractivity contribution < 1.29 is 0 Å². The molecule has 1 fully saturated rings. The van der Waals surface area contributed by atoms with Crippen LogP contribution in [0.5, 0.6) is 0 Å². The summed E-state index contributed by atoms with van der Waals surface area (Å²) in [5.41, 5.74) is 0. The summed E-state index contributed by atoms with van der Waals surface area (Å²) in [6.07, 6.45) is 0.